The van der Waals surface area contributed by atoms with Crippen LogP contribution in [-0.4, -0.2) is 73.6 Å². The molecular formula is C25H41FN3O8PS2. The van der Waals surface area contributed by atoms with E-state index in [1.165, 1.54) is 12.3 Å². The smallest absolute Gasteiger partial charge is 0.351 e. The van der Waals surface area contributed by atoms with Gasteiger partial charge in [-0.2, -0.15) is 4.98 Å². The van der Waals surface area contributed by atoms with E-state index in [4.69, 9.17) is 19.5 Å². The zero-order valence-electron chi connectivity index (χ0n) is 24.0. The van der Waals surface area contributed by atoms with Crippen LogP contribution in [0.25, 0.3) is 0 Å². The fourth-order valence-electron chi connectivity index (χ4n) is 3.70. The van der Waals surface area contributed by atoms with Crippen molar-refractivity contribution in [3.8, 4) is 0 Å². The number of thioether (sulfide) groups is 2. The molecule has 4 atom stereocenters. The molecule has 1 aliphatic rings. The minimum atomic E-state index is -4.08. The Balaban J connectivity index is 2.24. The lowest BCUT2D eigenvalue weighted by Crippen LogP contribution is -2.45. The van der Waals surface area contributed by atoms with Gasteiger partial charge in [0.15, 0.2) is 22.6 Å². The second-order valence-corrected chi connectivity index (χ2v) is 15.8. The SMILES string of the molecule is CC[C@]1(CP(=O)(OCCSC(=O)C(C)(C)C)OCCSC(=O)C(C)(C)C)O[C@@H](n2ccc(N)nc2=O)[C@H](F)[C@@H]1O. The van der Waals surface area contributed by atoms with E-state index in [2.05, 4.69) is 4.98 Å². The summed E-state index contributed by atoms with van der Waals surface area (Å²) in [5.41, 5.74) is 1.78. The van der Waals surface area contributed by atoms with Crippen LogP contribution < -0.4 is 11.4 Å². The highest BCUT2D eigenvalue weighted by Gasteiger charge is 2.58. The van der Waals surface area contributed by atoms with Gasteiger partial charge in [0.05, 0.1) is 19.4 Å². The molecule has 0 aromatic carbocycles. The van der Waals surface area contributed by atoms with Crippen molar-refractivity contribution in [1.82, 2.24) is 9.55 Å². The highest BCUT2D eigenvalue weighted by Crippen LogP contribution is 2.56. The Morgan fingerprint density at radius 2 is 1.65 bits per heavy atom. The van der Waals surface area contributed by atoms with Crippen molar-refractivity contribution >= 4 is 47.2 Å². The lowest BCUT2D eigenvalue weighted by atomic mass is 9.95. The molecule has 0 radical (unpaired) electrons. The van der Waals surface area contributed by atoms with Crippen LogP contribution in [-0.2, 0) is 27.9 Å². The lowest BCUT2D eigenvalue weighted by molar-refractivity contribution is -0.118. The summed E-state index contributed by atoms with van der Waals surface area (Å²) >= 11 is 2.05. The van der Waals surface area contributed by atoms with Crippen molar-refractivity contribution in [3.63, 3.8) is 0 Å². The highest BCUT2D eigenvalue weighted by molar-refractivity contribution is 8.14. The van der Waals surface area contributed by atoms with E-state index in [1.807, 2.05) is 0 Å². The largest absolute Gasteiger partial charge is 0.387 e. The quantitative estimate of drug-likeness (QED) is 0.254. The van der Waals surface area contributed by atoms with Gasteiger partial charge in [0, 0.05) is 28.5 Å². The van der Waals surface area contributed by atoms with Crippen LogP contribution in [0.3, 0.4) is 0 Å². The molecule has 11 nitrogen and oxygen atoms in total. The molecule has 0 spiro atoms. The monoisotopic (exact) mass is 625 g/mol. The summed E-state index contributed by atoms with van der Waals surface area (Å²) in [6, 6.07) is 1.29. The Morgan fingerprint density at radius 1 is 1.15 bits per heavy atom. The number of halogens is 1. The van der Waals surface area contributed by atoms with Gasteiger partial charge in [-0.05, 0) is 12.5 Å². The molecule has 1 saturated heterocycles. The van der Waals surface area contributed by atoms with Crippen molar-refractivity contribution in [2.24, 2.45) is 10.8 Å². The Labute approximate surface area is 243 Å². The number of rotatable bonds is 12. The zero-order valence-corrected chi connectivity index (χ0v) is 26.6. The van der Waals surface area contributed by atoms with E-state index < -0.39 is 54.4 Å². The molecule has 40 heavy (non-hydrogen) atoms. The molecule has 2 rings (SSSR count). The molecule has 2 heterocycles. The van der Waals surface area contributed by atoms with Gasteiger partial charge in [-0.3, -0.25) is 18.7 Å². The van der Waals surface area contributed by atoms with E-state index in [9.17, 15) is 24.1 Å². The minimum absolute atomic E-state index is 0.00741. The zero-order chi connectivity index (χ0) is 30.5. The molecule has 0 amide bonds. The number of anilines is 1. The summed E-state index contributed by atoms with van der Waals surface area (Å²) in [6.45, 7) is 12.0. The molecular weight excluding hydrogens is 584 g/mol. The third kappa shape index (κ3) is 9.11. The number of alkyl halides is 1. The van der Waals surface area contributed by atoms with Crippen LogP contribution in [0.4, 0.5) is 10.2 Å². The first-order valence-electron chi connectivity index (χ1n) is 12.9. The number of carbonyl (C=O) groups excluding carboxylic acids is 2. The Bertz CT molecular complexity index is 1120. The molecule has 1 fully saturated rings. The van der Waals surface area contributed by atoms with Crippen LogP contribution >= 0.6 is 31.1 Å². The van der Waals surface area contributed by atoms with Gasteiger partial charge in [-0.1, -0.05) is 72.0 Å². The first-order valence-corrected chi connectivity index (χ1v) is 16.6. The predicted molar refractivity (Wildman–Crippen MR) is 155 cm³/mol. The van der Waals surface area contributed by atoms with Crippen molar-refractivity contribution in [3.05, 3.63) is 22.7 Å². The average Bonchev–Trinajstić information content (AvgIpc) is 3.08. The summed E-state index contributed by atoms with van der Waals surface area (Å²) in [7, 11) is -4.08. The van der Waals surface area contributed by atoms with Gasteiger partial charge < -0.3 is 24.6 Å². The number of ether oxygens (including phenoxy) is 1. The van der Waals surface area contributed by atoms with Crippen LogP contribution in [0, 0.1) is 10.8 Å². The maximum atomic E-state index is 15.4. The van der Waals surface area contributed by atoms with Crippen molar-refractivity contribution in [2.75, 3.05) is 36.6 Å². The summed E-state index contributed by atoms with van der Waals surface area (Å²) in [6.07, 6.45) is -4.70. The molecule has 1 aromatic heterocycles. The number of hydrogen-bond donors (Lipinski definition) is 2. The minimum Gasteiger partial charge on any atom is -0.387 e. The second-order valence-electron chi connectivity index (χ2n) is 11.6. The van der Waals surface area contributed by atoms with Crippen LogP contribution in [0.15, 0.2) is 17.1 Å². The maximum absolute atomic E-state index is 15.4. The number of aliphatic hydroxyl groups excluding tert-OH is 1. The Hall–Kier alpha value is -1.28. The standard InChI is InChI=1S/C25H41FN3O8PS2/c1-8-25(18(30)17(26)19(37-25)29-10-9-16(27)28-22(29)33)15-38(34,35-11-13-39-20(31)23(2,3)4)36-12-14-40-21(32)24(5,6)7/h9-10,17-19,30H,8,11-15H2,1-7H3,(H2,27,28,33)/t17-,18+,19-,25-/m1/s1. The number of nitrogen functional groups attached to an aromatic ring is 1. The number of aliphatic hydroxyl groups is 1. The molecule has 0 bridgehead atoms. The first-order chi connectivity index (χ1) is 18.3. The Kier molecular flexibility index (Phi) is 12.0. The molecule has 228 valence electrons. The van der Waals surface area contributed by atoms with Crippen LogP contribution in [0.1, 0.15) is 61.1 Å². The number of nitrogens with zero attached hydrogens (tertiary/aromatic N) is 2. The molecule has 0 aliphatic carbocycles. The van der Waals surface area contributed by atoms with E-state index in [-0.39, 0.29) is 47.2 Å². The lowest BCUT2D eigenvalue weighted by Gasteiger charge is -2.33. The normalized spacial score (nSPS) is 23.9. The number of hydrogen-bond acceptors (Lipinski definition) is 12. The van der Waals surface area contributed by atoms with Crippen LogP contribution in [0.5, 0.6) is 0 Å². The van der Waals surface area contributed by atoms with Gasteiger partial charge in [-0.25, -0.2) is 9.18 Å². The van der Waals surface area contributed by atoms with Gasteiger partial charge in [-0.15, -0.1) is 0 Å². The Morgan fingerprint density at radius 3 is 2.08 bits per heavy atom. The predicted octanol–water partition coefficient (Wildman–Crippen LogP) is 4.04. The summed E-state index contributed by atoms with van der Waals surface area (Å²) in [5, 5.41) is 10.8. The summed E-state index contributed by atoms with van der Waals surface area (Å²) in [4.78, 5) is 40.4. The van der Waals surface area contributed by atoms with Gasteiger partial charge in [0.25, 0.3) is 0 Å². The van der Waals surface area contributed by atoms with Crippen molar-refractivity contribution < 1.29 is 37.4 Å². The molecule has 0 saturated carbocycles. The molecule has 15 heteroatoms. The number of nitrogens with two attached hydrogens (primary N) is 1. The van der Waals surface area contributed by atoms with Crippen molar-refractivity contribution in [2.45, 2.75) is 79.0 Å². The van der Waals surface area contributed by atoms with Gasteiger partial charge >= 0.3 is 13.3 Å². The summed E-state index contributed by atoms with van der Waals surface area (Å²) in [5.74, 6) is 0.308. The average molecular weight is 626 g/mol. The fourth-order valence-corrected chi connectivity index (χ4v) is 7.65. The van der Waals surface area contributed by atoms with E-state index >= 15 is 4.39 Å². The highest BCUT2D eigenvalue weighted by atomic mass is 32.2. The third-order valence-corrected chi connectivity index (χ3v) is 10.7. The molecule has 1 aliphatic heterocycles. The molecule has 0 unspecified atom stereocenters. The third-order valence-electron chi connectivity index (χ3n) is 6.09. The number of aromatic nitrogens is 2. The summed E-state index contributed by atoms with van der Waals surface area (Å²) < 4.78 is 47.5. The first kappa shape index (κ1) is 34.9. The number of carbonyl (C=O) groups is 2. The van der Waals surface area contributed by atoms with Crippen LogP contribution in [0.2, 0.25) is 0 Å². The topological polar surface area (TPSA) is 160 Å². The molecule has 3 N–H and O–H groups in total. The van der Waals surface area contributed by atoms with E-state index in [0.717, 1.165) is 28.1 Å². The van der Waals surface area contributed by atoms with Gasteiger partial charge in [0.2, 0.25) is 0 Å². The van der Waals surface area contributed by atoms with E-state index in [0.29, 0.717) is 0 Å². The maximum Gasteiger partial charge on any atom is 0.351 e. The van der Waals surface area contributed by atoms with E-state index in [1.54, 1.807) is 48.5 Å². The molecule has 1 aromatic rings. The van der Waals surface area contributed by atoms with Gasteiger partial charge in [0.1, 0.15) is 17.5 Å². The van der Waals surface area contributed by atoms with Crippen molar-refractivity contribution in [1.29, 1.82) is 0 Å². The second kappa shape index (κ2) is 13.8. The fraction of sp³-hybridized carbons (Fsp3) is 0.760.